The van der Waals surface area contributed by atoms with Gasteiger partial charge in [-0.15, -0.1) is 0 Å². The molecule has 2 fully saturated rings. The van der Waals surface area contributed by atoms with Gasteiger partial charge in [0.2, 0.25) is 10.0 Å². The molecule has 2 N–H and O–H groups in total. The van der Waals surface area contributed by atoms with Gasteiger partial charge in [0.05, 0.1) is 12.6 Å². The Morgan fingerprint density at radius 1 is 1.26 bits per heavy atom. The summed E-state index contributed by atoms with van der Waals surface area (Å²) < 4.78 is 32.8. The average Bonchev–Trinajstić information content (AvgIpc) is 2.54. The number of benzene rings is 1. The van der Waals surface area contributed by atoms with Crippen molar-refractivity contribution in [1.29, 1.82) is 0 Å². The van der Waals surface area contributed by atoms with Crippen LogP contribution in [0.4, 0.5) is 0 Å². The normalized spacial score (nSPS) is 29.2. The summed E-state index contributed by atoms with van der Waals surface area (Å²) in [5, 5.41) is 9.05. The number of ether oxygens (including phenoxy) is 1. The van der Waals surface area contributed by atoms with Crippen molar-refractivity contribution in [2.75, 3.05) is 6.61 Å². The number of rotatable bonds is 4. The van der Waals surface area contributed by atoms with Crippen LogP contribution in [-0.4, -0.2) is 43.5 Å². The fourth-order valence-electron chi connectivity index (χ4n) is 3.18. The summed E-state index contributed by atoms with van der Waals surface area (Å²) >= 11 is 0. The number of sulfonamides is 1. The van der Waals surface area contributed by atoms with Crippen LogP contribution in [0.2, 0.25) is 0 Å². The molecule has 6 nitrogen and oxygen atoms in total. The van der Waals surface area contributed by atoms with Crippen LogP contribution in [0.5, 0.6) is 0 Å². The van der Waals surface area contributed by atoms with Crippen LogP contribution in [0.25, 0.3) is 0 Å². The minimum atomic E-state index is -3.45. The van der Waals surface area contributed by atoms with Gasteiger partial charge in [-0.25, -0.2) is 18.1 Å². The lowest BCUT2D eigenvalue weighted by molar-refractivity contribution is 0.130. The SMILES string of the molecule is O=S1(=O)NC(=N[C@H](CO)Cc2ccccc2)OC2CCCCC21. The molecular weight excluding hydrogens is 316 g/mol. The number of fused-ring (bicyclic) bond motifs is 1. The van der Waals surface area contributed by atoms with Crippen molar-refractivity contribution in [3.8, 4) is 0 Å². The van der Waals surface area contributed by atoms with E-state index in [1.807, 2.05) is 30.3 Å². The van der Waals surface area contributed by atoms with E-state index in [-0.39, 0.29) is 18.7 Å². The summed E-state index contributed by atoms with van der Waals surface area (Å²) in [5.74, 6) is 0. The smallest absolute Gasteiger partial charge is 0.299 e. The highest BCUT2D eigenvalue weighted by Crippen LogP contribution is 2.29. The number of nitrogens with zero attached hydrogens (tertiary/aromatic N) is 1. The largest absolute Gasteiger partial charge is 0.460 e. The number of hydrogen-bond acceptors (Lipinski definition) is 5. The molecule has 23 heavy (non-hydrogen) atoms. The molecule has 1 saturated carbocycles. The maximum absolute atomic E-state index is 12.3. The van der Waals surface area contributed by atoms with Crippen molar-refractivity contribution in [2.24, 2.45) is 4.99 Å². The molecule has 1 aliphatic carbocycles. The monoisotopic (exact) mass is 338 g/mol. The summed E-state index contributed by atoms with van der Waals surface area (Å²) in [6.45, 7) is -0.169. The fourth-order valence-corrected chi connectivity index (χ4v) is 4.74. The van der Waals surface area contributed by atoms with E-state index in [2.05, 4.69) is 9.71 Å². The summed E-state index contributed by atoms with van der Waals surface area (Å²) in [6.07, 6.45) is 3.43. The van der Waals surface area contributed by atoms with Crippen LogP contribution in [0.3, 0.4) is 0 Å². The lowest BCUT2D eigenvalue weighted by Crippen LogP contribution is -2.54. The van der Waals surface area contributed by atoms with E-state index in [0.29, 0.717) is 12.8 Å². The second-order valence-electron chi connectivity index (χ2n) is 6.09. The topological polar surface area (TPSA) is 88.0 Å². The first-order valence-corrected chi connectivity index (χ1v) is 9.54. The second kappa shape index (κ2) is 6.88. The van der Waals surface area contributed by atoms with Gasteiger partial charge >= 0.3 is 0 Å². The van der Waals surface area contributed by atoms with E-state index in [1.165, 1.54) is 0 Å². The van der Waals surface area contributed by atoms with Crippen LogP contribution >= 0.6 is 0 Å². The van der Waals surface area contributed by atoms with E-state index >= 15 is 0 Å². The molecular formula is C16H22N2O4S. The van der Waals surface area contributed by atoms with E-state index in [0.717, 1.165) is 24.8 Å². The van der Waals surface area contributed by atoms with Crippen molar-refractivity contribution in [2.45, 2.75) is 49.5 Å². The molecule has 0 amide bonds. The Bertz CT molecular complexity index is 660. The van der Waals surface area contributed by atoms with Crippen LogP contribution in [0, 0.1) is 0 Å². The van der Waals surface area contributed by atoms with Gasteiger partial charge in [-0.2, -0.15) is 0 Å². The van der Waals surface area contributed by atoms with Crippen molar-refractivity contribution in [1.82, 2.24) is 4.72 Å². The van der Waals surface area contributed by atoms with Gasteiger partial charge < -0.3 is 9.84 Å². The quantitative estimate of drug-likeness (QED) is 0.864. The summed E-state index contributed by atoms with van der Waals surface area (Å²) in [7, 11) is -3.45. The van der Waals surface area contributed by atoms with Gasteiger partial charge in [-0.3, -0.25) is 0 Å². The molecule has 0 radical (unpaired) electrons. The Labute approximate surface area is 136 Å². The molecule has 7 heteroatoms. The Morgan fingerprint density at radius 3 is 2.74 bits per heavy atom. The Morgan fingerprint density at radius 2 is 2.00 bits per heavy atom. The standard InChI is InChI=1S/C16H22N2O4S/c19-11-13(10-12-6-2-1-3-7-12)17-16-18-23(20,21)15-9-5-4-8-14(15)22-16/h1-3,6-7,13-15,19H,4-5,8-11H2,(H,17,18)/t13-,14?,15?/m0/s1. The van der Waals surface area contributed by atoms with Crippen molar-refractivity contribution in [3.05, 3.63) is 35.9 Å². The zero-order valence-corrected chi connectivity index (χ0v) is 13.7. The maximum atomic E-state index is 12.3. The number of nitrogens with one attached hydrogen (secondary N) is 1. The molecule has 3 atom stereocenters. The Balaban J connectivity index is 1.75. The lowest BCUT2D eigenvalue weighted by atomic mass is 9.97. The summed E-state index contributed by atoms with van der Waals surface area (Å²) in [6, 6.07) is 9.24. The maximum Gasteiger partial charge on any atom is 0.299 e. The predicted molar refractivity (Wildman–Crippen MR) is 87.6 cm³/mol. The molecule has 1 aromatic rings. The first kappa shape index (κ1) is 16.3. The van der Waals surface area contributed by atoms with Crippen molar-refractivity contribution >= 4 is 16.0 Å². The first-order chi connectivity index (χ1) is 11.1. The third-order valence-corrected chi connectivity index (χ3v) is 6.15. The molecule has 2 aliphatic rings. The molecule has 1 heterocycles. The zero-order chi connectivity index (χ0) is 16.3. The zero-order valence-electron chi connectivity index (χ0n) is 12.9. The molecule has 0 bridgehead atoms. The highest BCUT2D eigenvalue weighted by atomic mass is 32.2. The van der Waals surface area contributed by atoms with Crippen molar-refractivity contribution in [3.63, 3.8) is 0 Å². The van der Waals surface area contributed by atoms with E-state index < -0.39 is 21.3 Å². The van der Waals surface area contributed by atoms with Crippen molar-refractivity contribution < 1.29 is 18.3 Å². The number of amidine groups is 1. The molecule has 0 spiro atoms. The number of hydrogen-bond donors (Lipinski definition) is 2. The fraction of sp³-hybridized carbons (Fsp3) is 0.562. The van der Waals surface area contributed by atoms with Crippen LogP contribution < -0.4 is 4.72 Å². The molecule has 1 saturated heterocycles. The number of aliphatic hydroxyl groups is 1. The predicted octanol–water partition coefficient (Wildman–Crippen LogP) is 1.21. The lowest BCUT2D eigenvalue weighted by Gasteiger charge is -2.36. The van der Waals surface area contributed by atoms with E-state index in [9.17, 15) is 13.5 Å². The highest BCUT2D eigenvalue weighted by Gasteiger charge is 2.42. The molecule has 1 aliphatic heterocycles. The van der Waals surface area contributed by atoms with Crippen LogP contribution in [0.1, 0.15) is 31.2 Å². The van der Waals surface area contributed by atoms with Gasteiger partial charge in [-0.1, -0.05) is 36.8 Å². The third-order valence-electron chi connectivity index (χ3n) is 4.36. The van der Waals surface area contributed by atoms with E-state index in [1.54, 1.807) is 0 Å². The van der Waals surface area contributed by atoms with Crippen LogP contribution in [0.15, 0.2) is 35.3 Å². The summed E-state index contributed by atoms with van der Waals surface area (Å²) in [4.78, 5) is 4.29. The Kier molecular flexibility index (Phi) is 4.87. The number of aliphatic hydroxyl groups excluding tert-OH is 1. The minimum absolute atomic E-state index is 0.0168. The molecule has 2 unspecified atom stereocenters. The van der Waals surface area contributed by atoms with Gasteiger partial charge in [0.1, 0.15) is 11.4 Å². The van der Waals surface area contributed by atoms with E-state index in [4.69, 9.17) is 4.74 Å². The third kappa shape index (κ3) is 3.84. The molecule has 3 rings (SSSR count). The summed E-state index contributed by atoms with van der Waals surface area (Å²) in [5.41, 5.74) is 1.03. The average molecular weight is 338 g/mol. The van der Waals surface area contributed by atoms with Gasteiger partial charge in [0.25, 0.3) is 6.02 Å². The van der Waals surface area contributed by atoms with Gasteiger partial charge in [0.15, 0.2) is 0 Å². The minimum Gasteiger partial charge on any atom is -0.460 e. The molecule has 1 aromatic carbocycles. The molecule has 126 valence electrons. The highest BCUT2D eigenvalue weighted by molar-refractivity contribution is 7.90. The molecule has 0 aromatic heterocycles. The van der Waals surface area contributed by atoms with Crippen LogP contribution in [-0.2, 0) is 21.2 Å². The second-order valence-corrected chi connectivity index (χ2v) is 7.99. The van der Waals surface area contributed by atoms with Gasteiger partial charge in [-0.05, 0) is 31.2 Å². The Hall–Kier alpha value is -1.60. The number of aliphatic imine (C=N–C) groups is 1. The van der Waals surface area contributed by atoms with Gasteiger partial charge in [0, 0.05) is 0 Å². The first-order valence-electron chi connectivity index (χ1n) is 7.99.